The molecule has 7 nitrogen and oxygen atoms in total. The minimum Gasteiger partial charge on any atom is -0.507 e. The average molecular weight is 407 g/mol. The Balaban J connectivity index is 1.84. The number of rotatable bonds is 7. The third kappa shape index (κ3) is 3.41. The van der Waals surface area contributed by atoms with Crippen molar-refractivity contribution in [3.8, 4) is 22.8 Å². The Morgan fingerprint density at radius 1 is 1.20 bits per heavy atom. The Bertz CT molecular complexity index is 1060. The maximum atomic E-state index is 13.2. The Hall–Kier alpha value is -3.32. The molecule has 0 saturated heterocycles. The van der Waals surface area contributed by atoms with Crippen LogP contribution in [0.3, 0.4) is 0 Å². The van der Waals surface area contributed by atoms with Gasteiger partial charge in [0, 0.05) is 24.8 Å². The molecule has 0 spiro atoms. The van der Waals surface area contributed by atoms with Gasteiger partial charge in [-0.2, -0.15) is 5.10 Å². The molecule has 0 aliphatic carbocycles. The molecular formula is C23H25N3O4. The van der Waals surface area contributed by atoms with Crippen LogP contribution in [0.25, 0.3) is 11.3 Å². The molecule has 156 valence electrons. The van der Waals surface area contributed by atoms with E-state index < -0.39 is 0 Å². The van der Waals surface area contributed by atoms with Crippen LogP contribution < -0.4 is 4.74 Å². The Kier molecular flexibility index (Phi) is 5.46. The van der Waals surface area contributed by atoms with Crippen molar-refractivity contribution in [3.63, 3.8) is 0 Å². The minimum atomic E-state index is -0.341. The highest BCUT2D eigenvalue weighted by atomic mass is 16.5. The first kappa shape index (κ1) is 20.0. The van der Waals surface area contributed by atoms with Gasteiger partial charge in [0.05, 0.1) is 19.3 Å². The maximum Gasteiger partial charge on any atom is 0.273 e. The zero-order valence-electron chi connectivity index (χ0n) is 17.3. The van der Waals surface area contributed by atoms with E-state index in [9.17, 15) is 9.90 Å². The summed E-state index contributed by atoms with van der Waals surface area (Å²) in [6.45, 7) is 5.34. The average Bonchev–Trinajstić information content (AvgIpc) is 3.28. The highest BCUT2D eigenvalue weighted by molar-refractivity contribution is 6.00. The second kappa shape index (κ2) is 8.20. The van der Waals surface area contributed by atoms with Crippen LogP contribution in [-0.4, -0.2) is 53.0 Å². The number of aromatic nitrogens is 2. The van der Waals surface area contributed by atoms with Crippen LogP contribution in [0.15, 0.2) is 42.5 Å². The van der Waals surface area contributed by atoms with Crippen LogP contribution in [0.1, 0.15) is 40.1 Å². The lowest BCUT2D eigenvalue weighted by atomic mass is 9.95. The first-order chi connectivity index (χ1) is 14.5. The fourth-order valence-corrected chi connectivity index (χ4v) is 3.92. The van der Waals surface area contributed by atoms with Gasteiger partial charge in [-0.3, -0.25) is 9.89 Å². The first-order valence-corrected chi connectivity index (χ1v) is 9.96. The molecule has 0 radical (unpaired) electrons. The number of aryl methyl sites for hydroxylation is 1. The molecule has 2 N–H and O–H groups in total. The van der Waals surface area contributed by atoms with E-state index in [-0.39, 0.29) is 17.7 Å². The summed E-state index contributed by atoms with van der Waals surface area (Å²) in [6, 6.07) is 12.8. The van der Waals surface area contributed by atoms with E-state index >= 15 is 0 Å². The molecule has 3 aromatic rings. The van der Waals surface area contributed by atoms with E-state index in [1.807, 2.05) is 50.2 Å². The number of phenols is 1. The first-order valence-electron chi connectivity index (χ1n) is 9.96. The summed E-state index contributed by atoms with van der Waals surface area (Å²) >= 11 is 0. The van der Waals surface area contributed by atoms with Crippen LogP contribution in [0.5, 0.6) is 11.5 Å². The number of nitrogens with zero attached hydrogens (tertiary/aromatic N) is 2. The van der Waals surface area contributed by atoms with Gasteiger partial charge in [-0.05, 0) is 43.7 Å². The number of nitrogens with one attached hydrogen (secondary N) is 1. The molecular weight excluding hydrogens is 382 g/mol. The minimum absolute atomic E-state index is 0.128. The van der Waals surface area contributed by atoms with E-state index in [1.54, 1.807) is 18.1 Å². The predicted octanol–water partition coefficient (Wildman–Crippen LogP) is 3.68. The second-order valence-corrected chi connectivity index (χ2v) is 7.28. The van der Waals surface area contributed by atoms with E-state index in [0.717, 1.165) is 22.4 Å². The summed E-state index contributed by atoms with van der Waals surface area (Å²) in [7, 11) is 1.61. The molecule has 1 atom stereocenters. The van der Waals surface area contributed by atoms with E-state index in [1.165, 1.54) is 0 Å². The zero-order valence-corrected chi connectivity index (χ0v) is 17.3. The number of hydrogen-bond acceptors (Lipinski definition) is 5. The second-order valence-electron chi connectivity index (χ2n) is 7.28. The molecule has 7 heteroatoms. The Morgan fingerprint density at radius 3 is 2.67 bits per heavy atom. The predicted molar refractivity (Wildman–Crippen MR) is 113 cm³/mol. The van der Waals surface area contributed by atoms with Gasteiger partial charge < -0.3 is 19.5 Å². The van der Waals surface area contributed by atoms with Crippen molar-refractivity contribution in [2.45, 2.75) is 19.9 Å². The smallest absolute Gasteiger partial charge is 0.273 e. The molecule has 0 fully saturated rings. The molecule has 1 amide bonds. The van der Waals surface area contributed by atoms with E-state index in [2.05, 4.69) is 10.2 Å². The Morgan fingerprint density at radius 2 is 1.97 bits per heavy atom. The van der Waals surface area contributed by atoms with Gasteiger partial charge in [0.15, 0.2) is 0 Å². The number of phenolic OH excluding ortho intramolecular Hbond substituents is 1. The van der Waals surface area contributed by atoms with Gasteiger partial charge in [-0.15, -0.1) is 0 Å². The summed E-state index contributed by atoms with van der Waals surface area (Å²) in [6.07, 6.45) is 0. The van der Waals surface area contributed by atoms with Crippen LogP contribution in [0, 0.1) is 6.92 Å². The molecule has 1 aliphatic rings. The normalized spacial score (nSPS) is 15.5. The number of methoxy groups -OCH3 is 1. The van der Waals surface area contributed by atoms with Crippen molar-refractivity contribution in [3.05, 3.63) is 64.8 Å². The number of carbonyl (C=O) groups excluding carboxylic acids is 1. The topological polar surface area (TPSA) is 87.7 Å². The van der Waals surface area contributed by atoms with Crippen molar-refractivity contribution < 1.29 is 19.4 Å². The number of carbonyl (C=O) groups is 1. The molecule has 0 bridgehead atoms. The third-order valence-corrected chi connectivity index (χ3v) is 5.31. The molecule has 1 aromatic heterocycles. The summed E-state index contributed by atoms with van der Waals surface area (Å²) in [5.41, 5.74) is 4.33. The fraction of sp³-hybridized carbons (Fsp3) is 0.304. The molecule has 1 unspecified atom stereocenters. The van der Waals surface area contributed by atoms with Gasteiger partial charge in [0.1, 0.15) is 22.9 Å². The van der Waals surface area contributed by atoms with Crippen molar-refractivity contribution in [1.82, 2.24) is 15.1 Å². The quantitative estimate of drug-likeness (QED) is 0.624. The van der Waals surface area contributed by atoms with Crippen LogP contribution in [0.2, 0.25) is 0 Å². The number of benzene rings is 2. The molecule has 30 heavy (non-hydrogen) atoms. The van der Waals surface area contributed by atoms with Crippen LogP contribution in [-0.2, 0) is 4.74 Å². The Labute approximate surface area is 175 Å². The molecule has 4 rings (SSSR count). The van der Waals surface area contributed by atoms with Gasteiger partial charge in [-0.25, -0.2) is 0 Å². The lowest BCUT2D eigenvalue weighted by Crippen LogP contribution is -2.32. The molecule has 1 aliphatic heterocycles. The highest BCUT2D eigenvalue weighted by Crippen LogP contribution is 2.44. The van der Waals surface area contributed by atoms with E-state index in [4.69, 9.17) is 9.47 Å². The van der Waals surface area contributed by atoms with Crippen LogP contribution in [0.4, 0.5) is 0 Å². The summed E-state index contributed by atoms with van der Waals surface area (Å²) < 4.78 is 10.8. The monoisotopic (exact) mass is 407 g/mol. The number of aromatic amines is 1. The zero-order chi connectivity index (χ0) is 21.3. The number of hydrogen-bond donors (Lipinski definition) is 2. The maximum absolute atomic E-state index is 13.2. The number of amides is 1. The summed E-state index contributed by atoms with van der Waals surface area (Å²) in [5, 5.41) is 17.8. The summed E-state index contributed by atoms with van der Waals surface area (Å²) in [5.74, 6) is 0.771. The SMILES string of the molecule is CCOc1ccc(C2c3c(-c4cc(C)ccc4O)n[nH]c3C(=O)N2CCOC)cc1. The van der Waals surface area contributed by atoms with Crippen molar-refractivity contribution in [1.29, 1.82) is 0 Å². The number of aromatic hydroxyl groups is 1. The standard InChI is InChI=1S/C23H25N3O4/c1-4-30-16-8-6-15(7-9-16)22-19-20(17-13-14(2)5-10-18(17)27)24-25-21(19)23(28)26(22)11-12-29-3/h5-10,13,22,27H,4,11-12H2,1-3H3,(H,24,25). The molecule has 2 heterocycles. The number of H-pyrrole nitrogens is 1. The largest absolute Gasteiger partial charge is 0.507 e. The third-order valence-electron chi connectivity index (χ3n) is 5.31. The van der Waals surface area contributed by atoms with Gasteiger partial charge >= 0.3 is 0 Å². The molecule has 2 aromatic carbocycles. The number of fused-ring (bicyclic) bond motifs is 1. The van der Waals surface area contributed by atoms with Crippen molar-refractivity contribution in [2.75, 3.05) is 26.9 Å². The van der Waals surface area contributed by atoms with Gasteiger partial charge in [0.2, 0.25) is 0 Å². The van der Waals surface area contributed by atoms with E-state index in [0.29, 0.717) is 36.7 Å². The van der Waals surface area contributed by atoms with Gasteiger partial charge in [0.25, 0.3) is 5.91 Å². The highest BCUT2D eigenvalue weighted by Gasteiger charge is 2.42. The van der Waals surface area contributed by atoms with Crippen LogP contribution >= 0.6 is 0 Å². The number of ether oxygens (including phenoxy) is 2. The van der Waals surface area contributed by atoms with Crippen molar-refractivity contribution in [2.24, 2.45) is 0 Å². The lowest BCUT2D eigenvalue weighted by molar-refractivity contribution is 0.0677. The lowest BCUT2D eigenvalue weighted by Gasteiger charge is -2.26. The summed E-state index contributed by atoms with van der Waals surface area (Å²) in [4.78, 5) is 14.9. The van der Waals surface area contributed by atoms with Gasteiger partial charge in [-0.1, -0.05) is 23.8 Å². The molecule has 0 saturated carbocycles. The van der Waals surface area contributed by atoms with Crippen molar-refractivity contribution >= 4 is 5.91 Å². The fourth-order valence-electron chi connectivity index (χ4n) is 3.92.